The van der Waals surface area contributed by atoms with Crippen molar-refractivity contribution in [2.75, 3.05) is 15.1 Å². The van der Waals surface area contributed by atoms with Crippen LogP contribution >= 0.6 is 0 Å². The van der Waals surface area contributed by atoms with Gasteiger partial charge in [-0.1, -0.05) is 54.6 Å². The van der Waals surface area contributed by atoms with E-state index in [2.05, 4.69) is 63.7 Å². The van der Waals surface area contributed by atoms with E-state index in [0.29, 0.717) is 11.4 Å². The molecule has 8 heteroatoms. The zero-order valence-electron chi connectivity index (χ0n) is 24.4. The molecule has 11 rings (SSSR count). The van der Waals surface area contributed by atoms with Gasteiger partial charge in [0.15, 0.2) is 6.29 Å². The minimum absolute atomic E-state index is 0.182. The number of imidazole rings is 1. The summed E-state index contributed by atoms with van der Waals surface area (Å²) in [6, 6.07) is 36.6. The number of nitrogens with one attached hydrogen (secondary N) is 1. The predicted molar refractivity (Wildman–Crippen MR) is 180 cm³/mol. The largest absolute Gasteiger partial charge is 0.456 e. The predicted octanol–water partition coefficient (Wildman–Crippen LogP) is 7.71. The van der Waals surface area contributed by atoms with Crippen molar-refractivity contribution in [3.05, 3.63) is 143 Å². The number of allylic oxidation sites excluding steroid dienone is 2. The molecule has 5 aromatic carbocycles. The SMILES string of the molecule is O=c1n(-c2ccc3oc4ccccc4c3c2)c(C2=CC2)c2n1-c1cc3c(cc1C2O)N1c2ccccc2N(c2ccccc2)C1N3. The highest BCUT2D eigenvalue weighted by molar-refractivity contribution is 6.05. The molecule has 0 saturated heterocycles. The molecule has 8 nitrogen and oxygen atoms in total. The lowest BCUT2D eigenvalue weighted by Gasteiger charge is -2.27. The number of furan rings is 1. The summed E-state index contributed by atoms with van der Waals surface area (Å²) in [5.41, 5.74) is 11.2. The summed E-state index contributed by atoms with van der Waals surface area (Å²) in [6.45, 7) is 0. The van der Waals surface area contributed by atoms with Gasteiger partial charge in [0.25, 0.3) is 0 Å². The lowest BCUT2D eigenvalue weighted by Crippen LogP contribution is -2.40. The lowest BCUT2D eigenvalue weighted by molar-refractivity contribution is 0.221. The van der Waals surface area contributed by atoms with Gasteiger partial charge in [0, 0.05) is 22.0 Å². The second-order valence-corrected chi connectivity index (χ2v) is 12.3. The summed E-state index contributed by atoms with van der Waals surface area (Å²) in [6.07, 6.45) is 1.76. The molecule has 1 aliphatic carbocycles. The second-order valence-electron chi connectivity index (χ2n) is 12.3. The first-order chi connectivity index (χ1) is 22.7. The fourth-order valence-electron chi connectivity index (χ4n) is 7.77. The van der Waals surface area contributed by atoms with Gasteiger partial charge in [-0.15, -0.1) is 0 Å². The summed E-state index contributed by atoms with van der Waals surface area (Å²) in [4.78, 5) is 19.1. The minimum atomic E-state index is -0.952. The van der Waals surface area contributed by atoms with Crippen molar-refractivity contribution in [3.63, 3.8) is 0 Å². The van der Waals surface area contributed by atoms with Crippen LogP contribution < -0.4 is 20.8 Å². The number of nitrogens with zero attached hydrogens (tertiary/aromatic N) is 4. The van der Waals surface area contributed by atoms with Gasteiger partial charge >= 0.3 is 5.69 Å². The van der Waals surface area contributed by atoms with Crippen molar-refractivity contribution < 1.29 is 9.52 Å². The van der Waals surface area contributed by atoms with Gasteiger partial charge in [0.2, 0.25) is 0 Å². The first-order valence-electron chi connectivity index (χ1n) is 15.5. The van der Waals surface area contributed by atoms with E-state index in [9.17, 15) is 9.90 Å². The molecule has 2 unspecified atom stereocenters. The second kappa shape index (κ2) is 8.38. The summed E-state index contributed by atoms with van der Waals surface area (Å²) >= 11 is 0. The number of para-hydroxylation sites is 4. The Bertz CT molecular complexity index is 2560. The van der Waals surface area contributed by atoms with Gasteiger partial charge in [0.05, 0.1) is 45.5 Å². The number of hydrogen-bond donors (Lipinski definition) is 2. The number of hydrogen-bond acceptors (Lipinski definition) is 6. The molecule has 2 aromatic heterocycles. The molecular weight excluding hydrogens is 574 g/mol. The topological polar surface area (TPSA) is 78.8 Å². The number of aliphatic hydroxyl groups excluding tert-OH is 1. The Morgan fingerprint density at radius 2 is 1.43 bits per heavy atom. The van der Waals surface area contributed by atoms with Crippen LogP contribution in [0.1, 0.15) is 29.5 Å². The summed E-state index contributed by atoms with van der Waals surface area (Å²) in [5, 5.41) is 17.7. The molecule has 3 aliphatic heterocycles. The third-order valence-corrected chi connectivity index (χ3v) is 9.83. The first-order valence-corrected chi connectivity index (χ1v) is 15.5. The lowest BCUT2D eigenvalue weighted by atomic mass is 10.0. The summed E-state index contributed by atoms with van der Waals surface area (Å²) in [7, 11) is 0. The van der Waals surface area contributed by atoms with Gasteiger partial charge in [-0.05, 0) is 72.7 Å². The highest BCUT2D eigenvalue weighted by Gasteiger charge is 2.45. The molecule has 4 aliphatic rings. The third kappa shape index (κ3) is 2.99. The Kier molecular flexibility index (Phi) is 4.43. The molecule has 7 aromatic rings. The van der Waals surface area contributed by atoms with Crippen LogP contribution in [0.25, 0.3) is 38.9 Å². The van der Waals surface area contributed by atoms with Crippen LogP contribution in [-0.4, -0.2) is 20.5 Å². The number of benzene rings is 5. The molecule has 46 heavy (non-hydrogen) atoms. The highest BCUT2D eigenvalue weighted by atomic mass is 16.3. The summed E-state index contributed by atoms with van der Waals surface area (Å²) < 4.78 is 9.53. The molecule has 5 heterocycles. The van der Waals surface area contributed by atoms with E-state index in [-0.39, 0.29) is 12.0 Å². The monoisotopic (exact) mass is 599 g/mol. The van der Waals surface area contributed by atoms with Crippen molar-refractivity contribution in [2.24, 2.45) is 0 Å². The Morgan fingerprint density at radius 3 is 2.26 bits per heavy atom. The van der Waals surface area contributed by atoms with Crippen LogP contribution in [0.15, 0.2) is 124 Å². The van der Waals surface area contributed by atoms with Crippen molar-refractivity contribution in [2.45, 2.75) is 18.8 Å². The Balaban J connectivity index is 1.09. The maximum atomic E-state index is 14.5. The van der Waals surface area contributed by atoms with E-state index < -0.39 is 6.10 Å². The van der Waals surface area contributed by atoms with E-state index in [4.69, 9.17) is 4.42 Å². The van der Waals surface area contributed by atoms with Crippen molar-refractivity contribution in [3.8, 4) is 11.4 Å². The first kappa shape index (κ1) is 24.3. The average molecular weight is 600 g/mol. The van der Waals surface area contributed by atoms with Crippen molar-refractivity contribution in [1.29, 1.82) is 0 Å². The molecular formula is C38H25N5O3. The van der Waals surface area contributed by atoms with E-state index >= 15 is 0 Å². The molecule has 220 valence electrons. The van der Waals surface area contributed by atoms with Gasteiger partial charge < -0.3 is 19.7 Å². The van der Waals surface area contributed by atoms with Crippen LogP contribution in [0.5, 0.6) is 0 Å². The van der Waals surface area contributed by atoms with Crippen molar-refractivity contribution in [1.82, 2.24) is 9.13 Å². The minimum Gasteiger partial charge on any atom is -0.456 e. The Labute approximate surface area is 262 Å². The number of aliphatic hydroxyl groups is 1. The maximum absolute atomic E-state index is 14.5. The molecule has 0 spiro atoms. The quantitative estimate of drug-likeness (QED) is 0.217. The number of aromatic nitrogens is 2. The van der Waals surface area contributed by atoms with Crippen LogP contribution in [-0.2, 0) is 0 Å². The van der Waals surface area contributed by atoms with Crippen molar-refractivity contribution >= 4 is 55.9 Å². The highest BCUT2D eigenvalue weighted by Crippen LogP contribution is 2.55. The van der Waals surface area contributed by atoms with Crippen LogP contribution in [0, 0.1) is 0 Å². The normalized spacial score (nSPS) is 18.3. The van der Waals surface area contributed by atoms with Gasteiger partial charge in [0.1, 0.15) is 17.3 Å². The molecule has 0 amide bonds. The molecule has 0 saturated carbocycles. The van der Waals surface area contributed by atoms with Crippen LogP contribution in [0.2, 0.25) is 0 Å². The van der Waals surface area contributed by atoms with Gasteiger partial charge in [-0.2, -0.15) is 0 Å². The summed E-state index contributed by atoms with van der Waals surface area (Å²) in [5.74, 6) is 0. The zero-order chi connectivity index (χ0) is 30.3. The third-order valence-electron chi connectivity index (χ3n) is 9.83. The van der Waals surface area contributed by atoms with Gasteiger partial charge in [-0.25, -0.2) is 4.79 Å². The standard InChI is InChI=1S/C38H25N5O3/c44-36-26-19-31-27(39-37-40(22-8-2-1-3-9-22)28-11-5-6-12-29(28)42(31)37)20-30(26)43-35(36)34(21-14-15-21)41(38(43)45)23-16-17-33-25(18-23)24-10-4-7-13-32(24)46-33/h1-14,16-20,36-37,39,44H,15H2. The van der Waals surface area contributed by atoms with Gasteiger partial charge in [-0.3, -0.25) is 14.0 Å². The Hall–Kier alpha value is -5.99. The van der Waals surface area contributed by atoms with E-state index in [1.165, 1.54) is 0 Å². The van der Waals surface area contributed by atoms with E-state index in [1.807, 2.05) is 66.7 Å². The van der Waals surface area contributed by atoms with Crippen LogP contribution in [0.3, 0.4) is 0 Å². The average Bonchev–Trinajstić information content (AvgIpc) is 3.38. The Morgan fingerprint density at radius 1 is 0.696 bits per heavy atom. The molecule has 0 fully saturated rings. The fourth-order valence-corrected chi connectivity index (χ4v) is 7.77. The molecule has 0 bridgehead atoms. The fraction of sp³-hybridized carbons (Fsp3) is 0.0789. The number of anilines is 5. The zero-order valence-corrected chi connectivity index (χ0v) is 24.4. The molecule has 2 atom stereocenters. The molecule has 0 radical (unpaired) electrons. The smallest absolute Gasteiger partial charge is 0.338 e. The van der Waals surface area contributed by atoms with E-state index in [0.717, 1.165) is 79.3 Å². The molecule has 2 N–H and O–H groups in total. The van der Waals surface area contributed by atoms with E-state index in [1.54, 1.807) is 9.13 Å². The number of rotatable bonds is 3. The van der Waals surface area contributed by atoms with Crippen LogP contribution in [0.4, 0.5) is 28.4 Å². The maximum Gasteiger partial charge on any atom is 0.338 e. The number of fused-ring (bicyclic) bond motifs is 11.